The van der Waals surface area contributed by atoms with Gasteiger partial charge in [-0.25, -0.2) is 4.39 Å². The average molecular weight is 400 g/mol. The predicted molar refractivity (Wildman–Crippen MR) is 120 cm³/mol. The summed E-state index contributed by atoms with van der Waals surface area (Å²) in [6, 6.07) is 22.9. The van der Waals surface area contributed by atoms with Crippen molar-refractivity contribution in [1.82, 2.24) is 4.90 Å². The van der Waals surface area contributed by atoms with Crippen molar-refractivity contribution in [3.8, 4) is 11.3 Å². The Balaban J connectivity index is 1.38. The van der Waals surface area contributed by atoms with Crippen LogP contribution in [0.2, 0.25) is 0 Å². The van der Waals surface area contributed by atoms with Crippen LogP contribution in [0.1, 0.15) is 35.6 Å². The van der Waals surface area contributed by atoms with E-state index in [2.05, 4.69) is 55.1 Å². The number of nitrogens with zero attached hydrogens (tertiary/aromatic N) is 1. The minimum absolute atomic E-state index is 0.223. The van der Waals surface area contributed by atoms with E-state index < -0.39 is 0 Å². The van der Waals surface area contributed by atoms with Gasteiger partial charge < -0.3 is 4.42 Å². The first kappa shape index (κ1) is 19.1. The Bertz CT molecular complexity index is 1190. The molecular weight excluding hydrogens is 373 g/mol. The second kappa shape index (κ2) is 7.73. The number of fused-ring (bicyclic) bond motifs is 1. The second-order valence-electron chi connectivity index (χ2n) is 8.57. The van der Waals surface area contributed by atoms with E-state index in [1.54, 1.807) is 6.07 Å². The van der Waals surface area contributed by atoms with Gasteiger partial charge in [0.05, 0.1) is 5.56 Å². The fraction of sp³-hybridized carbons (Fsp3) is 0.259. The van der Waals surface area contributed by atoms with Gasteiger partial charge in [-0.2, -0.15) is 0 Å². The maximum Gasteiger partial charge on any atom is 0.138 e. The molecule has 3 aromatic carbocycles. The Morgan fingerprint density at radius 3 is 2.40 bits per heavy atom. The first-order valence-corrected chi connectivity index (χ1v) is 10.7. The maximum absolute atomic E-state index is 14.9. The van der Waals surface area contributed by atoms with E-state index in [9.17, 15) is 4.39 Å². The van der Waals surface area contributed by atoms with Crippen LogP contribution in [0, 0.1) is 12.7 Å². The highest BCUT2D eigenvalue weighted by Crippen LogP contribution is 2.31. The molecule has 0 spiro atoms. The average Bonchev–Trinajstić information content (AvgIpc) is 3.15. The van der Waals surface area contributed by atoms with Crippen molar-refractivity contribution in [3.05, 3.63) is 94.8 Å². The van der Waals surface area contributed by atoms with Gasteiger partial charge in [-0.05, 0) is 73.7 Å². The van der Waals surface area contributed by atoms with Crippen LogP contribution in [-0.4, -0.2) is 17.5 Å². The predicted octanol–water partition coefficient (Wildman–Crippen LogP) is 6.73. The number of halogens is 1. The normalized spacial score (nSPS) is 16.7. The SMILES string of the molecule is Cc1ccc(Cc2ccc3oc(-c4ccc(CN5CCC5C)cc4F)cc3c2)cc1. The summed E-state index contributed by atoms with van der Waals surface area (Å²) in [7, 11) is 0. The van der Waals surface area contributed by atoms with E-state index in [0.717, 1.165) is 36.0 Å². The van der Waals surface area contributed by atoms with Gasteiger partial charge in [0.2, 0.25) is 0 Å². The quantitative estimate of drug-likeness (QED) is 0.370. The number of furan rings is 1. The summed E-state index contributed by atoms with van der Waals surface area (Å²) in [5.41, 5.74) is 6.09. The Labute approximate surface area is 176 Å². The molecule has 0 saturated carbocycles. The molecule has 0 amide bonds. The van der Waals surface area contributed by atoms with Gasteiger partial charge in [-0.3, -0.25) is 4.90 Å². The molecule has 30 heavy (non-hydrogen) atoms. The van der Waals surface area contributed by atoms with Crippen molar-refractivity contribution in [1.29, 1.82) is 0 Å². The molecule has 1 fully saturated rings. The van der Waals surface area contributed by atoms with Crippen molar-refractivity contribution in [2.24, 2.45) is 0 Å². The molecule has 152 valence electrons. The first-order chi connectivity index (χ1) is 14.5. The summed E-state index contributed by atoms with van der Waals surface area (Å²) in [4.78, 5) is 2.37. The molecular formula is C27H26FNO. The molecule has 0 N–H and O–H groups in total. The Kier molecular flexibility index (Phi) is 4.92. The van der Waals surface area contributed by atoms with E-state index in [4.69, 9.17) is 4.42 Å². The lowest BCUT2D eigenvalue weighted by molar-refractivity contribution is 0.0958. The molecule has 3 heteroatoms. The molecule has 4 aromatic rings. The van der Waals surface area contributed by atoms with Gasteiger partial charge in [0.25, 0.3) is 0 Å². The number of likely N-dealkylation sites (tertiary alicyclic amines) is 1. The van der Waals surface area contributed by atoms with E-state index in [1.807, 2.05) is 24.3 Å². The van der Waals surface area contributed by atoms with Crippen LogP contribution in [0.5, 0.6) is 0 Å². The van der Waals surface area contributed by atoms with E-state index in [0.29, 0.717) is 17.4 Å². The van der Waals surface area contributed by atoms with E-state index in [-0.39, 0.29) is 5.82 Å². The number of hydrogen-bond acceptors (Lipinski definition) is 2. The summed E-state index contributed by atoms with van der Waals surface area (Å²) in [5, 5.41) is 1.01. The lowest BCUT2D eigenvalue weighted by Gasteiger charge is -2.38. The topological polar surface area (TPSA) is 16.4 Å². The summed E-state index contributed by atoms with van der Waals surface area (Å²) in [6.07, 6.45) is 2.10. The highest BCUT2D eigenvalue weighted by atomic mass is 19.1. The zero-order valence-corrected chi connectivity index (χ0v) is 17.5. The third-order valence-electron chi connectivity index (χ3n) is 6.25. The molecule has 5 rings (SSSR count). The van der Waals surface area contributed by atoms with Gasteiger partial charge in [-0.1, -0.05) is 42.0 Å². The second-order valence-corrected chi connectivity index (χ2v) is 8.57. The lowest BCUT2D eigenvalue weighted by atomic mass is 10.0. The van der Waals surface area contributed by atoms with E-state index >= 15 is 0 Å². The number of rotatable bonds is 5. The summed E-state index contributed by atoms with van der Waals surface area (Å²) >= 11 is 0. The minimum Gasteiger partial charge on any atom is -0.456 e. The fourth-order valence-corrected chi connectivity index (χ4v) is 4.17. The Morgan fingerprint density at radius 2 is 1.70 bits per heavy atom. The molecule has 1 aliphatic heterocycles. The van der Waals surface area contributed by atoms with Crippen LogP contribution in [-0.2, 0) is 13.0 Å². The van der Waals surface area contributed by atoms with E-state index in [1.165, 1.54) is 23.1 Å². The zero-order chi connectivity index (χ0) is 20.7. The molecule has 1 atom stereocenters. The van der Waals surface area contributed by atoms with Crippen LogP contribution < -0.4 is 0 Å². The number of benzene rings is 3. The highest BCUT2D eigenvalue weighted by molar-refractivity contribution is 5.83. The van der Waals surface area contributed by atoms with Crippen LogP contribution in [0.4, 0.5) is 4.39 Å². The van der Waals surface area contributed by atoms with Crippen LogP contribution in [0.25, 0.3) is 22.3 Å². The van der Waals surface area contributed by atoms with Crippen LogP contribution in [0.15, 0.2) is 71.1 Å². The number of aryl methyl sites for hydroxylation is 1. The minimum atomic E-state index is -0.223. The van der Waals surface area contributed by atoms with Gasteiger partial charge >= 0.3 is 0 Å². The summed E-state index contributed by atoms with van der Waals surface area (Å²) in [6.45, 7) is 6.22. The molecule has 0 aliphatic carbocycles. The van der Waals surface area contributed by atoms with Gasteiger partial charge in [0.15, 0.2) is 0 Å². The summed E-state index contributed by atoms with van der Waals surface area (Å²) in [5.74, 6) is 0.360. The van der Waals surface area contributed by atoms with Crippen LogP contribution >= 0.6 is 0 Å². The van der Waals surface area contributed by atoms with Gasteiger partial charge in [-0.15, -0.1) is 0 Å². The number of hydrogen-bond donors (Lipinski definition) is 0. The largest absolute Gasteiger partial charge is 0.456 e. The van der Waals surface area contributed by atoms with Crippen molar-refractivity contribution in [2.45, 2.75) is 39.3 Å². The molecule has 1 unspecified atom stereocenters. The molecule has 1 aliphatic rings. The highest BCUT2D eigenvalue weighted by Gasteiger charge is 2.23. The fourth-order valence-electron chi connectivity index (χ4n) is 4.17. The van der Waals surface area contributed by atoms with Crippen molar-refractivity contribution in [3.63, 3.8) is 0 Å². The van der Waals surface area contributed by atoms with Crippen molar-refractivity contribution >= 4 is 11.0 Å². The lowest BCUT2D eigenvalue weighted by Crippen LogP contribution is -2.44. The molecule has 0 bridgehead atoms. The van der Waals surface area contributed by atoms with Crippen LogP contribution in [0.3, 0.4) is 0 Å². The smallest absolute Gasteiger partial charge is 0.138 e. The standard InChI is InChI=1S/C27H26FNO/c1-18-3-5-20(6-4-18)13-21-8-10-26-23(14-21)16-27(30-26)24-9-7-22(15-25(24)28)17-29-12-11-19(29)2/h3-10,14-16,19H,11-13,17H2,1-2H3. The summed E-state index contributed by atoms with van der Waals surface area (Å²) < 4.78 is 20.8. The zero-order valence-electron chi connectivity index (χ0n) is 17.5. The van der Waals surface area contributed by atoms with Crippen molar-refractivity contribution < 1.29 is 8.81 Å². The first-order valence-electron chi connectivity index (χ1n) is 10.7. The van der Waals surface area contributed by atoms with Gasteiger partial charge in [0.1, 0.15) is 17.2 Å². The molecule has 2 heterocycles. The molecule has 1 saturated heterocycles. The molecule has 0 radical (unpaired) electrons. The third-order valence-corrected chi connectivity index (χ3v) is 6.25. The molecule has 2 nitrogen and oxygen atoms in total. The monoisotopic (exact) mass is 399 g/mol. The van der Waals surface area contributed by atoms with Crippen molar-refractivity contribution in [2.75, 3.05) is 6.54 Å². The molecule has 1 aromatic heterocycles. The maximum atomic E-state index is 14.9. The Hall–Kier alpha value is -2.91. The Morgan fingerprint density at radius 1 is 0.933 bits per heavy atom. The third kappa shape index (κ3) is 3.78. The van der Waals surface area contributed by atoms with Gasteiger partial charge in [0, 0.05) is 24.5 Å².